The Morgan fingerprint density at radius 3 is 2.38 bits per heavy atom. The summed E-state index contributed by atoms with van der Waals surface area (Å²) in [5.41, 5.74) is 1.24. The molecule has 1 aromatic rings. The van der Waals surface area contributed by atoms with Gasteiger partial charge in [-0.2, -0.15) is 0 Å². The Kier molecular flexibility index (Phi) is 4.65. The number of likely N-dealkylation sites (N-methyl/N-ethyl adjacent to an activating group) is 1. The summed E-state index contributed by atoms with van der Waals surface area (Å²) in [5, 5.41) is 0. The summed E-state index contributed by atoms with van der Waals surface area (Å²) >= 11 is 0. The van der Waals surface area contributed by atoms with Gasteiger partial charge in [0.15, 0.2) is 0 Å². The molecule has 0 spiro atoms. The molecule has 1 N–H and O–H groups in total. The SMILES string of the molecule is CNS(=O)(=O)c1ccc(C)c(C(=O)N2CCN(C)CC2)c1. The summed E-state index contributed by atoms with van der Waals surface area (Å²) in [6, 6.07) is 4.65. The second-order valence-corrected chi connectivity index (χ2v) is 7.17. The minimum Gasteiger partial charge on any atom is -0.336 e. The number of benzene rings is 1. The van der Waals surface area contributed by atoms with Crippen LogP contribution < -0.4 is 4.72 Å². The van der Waals surface area contributed by atoms with Crippen LogP contribution in [-0.4, -0.2) is 64.4 Å². The maximum atomic E-state index is 12.6. The predicted molar refractivity (Wildman–Crippen MR) is 80.8 cm³/mol. The number of amides is 1. The fourth-order valence-electron chi connectivity index (χ4n) is 2.30. The maximum Gasteiger partial charge on any atom is 0.254 e. The number of hydrogen-bond donors (Lipinski definition) is 1. The van der Waals surface area contributed by atoms with Gasteiger partial charge >= 0.3 is 0 Å². The van der Waals surface area contributed by atoms with E-state index in [1.165, 1.54) is 19.2 Å². The molecular formula is C14H21N3O3S. The summed E-state index contributed by atoms with van der Waals surface area (Å²) in [5.74, 6) is -0.103. The van der Waals surface area contributed by atoms with E-state index in [0.717, 1.165) is 18.7 Å². The molecule has 1 aliphatic rings. The van der Waals surface area contributed by atoms with E-state index in [2.05, 4.69) is 9.62 Å². The number of sulfonamides is 1. The molecule has 21 heavy (non-hydrogen) atoms. The molecule has 0 unspecified atom stereocenters. The first-order valence-corrected chi connectivity index (χ1v) is 8.35. The van der Waals surface area contributed by atoms with Crippen molar-refractivity contribution in [3.63, 3.8) is 0 Å². The zero-order valence-electron chi connectivity index (χ0n) is 12.6. The highest BCUT2D eigenvalue weighted by Gasteiger charge is 2.23. The first-order valence-electron chi connectivity index (χ1n) is 6.87. The Hall–Kier alpha value is -1.44. The molecule has 2 rings (SSSR count). The molecule has 1 aromatic carbocycles. The quantitative estimate of drug-likeness (QED) is 0.871. The van der Waals surface area contributed by atoms with Crippen LogP contribution in [0.4, 0.5) is 0 Å². The van der Waals surface area contributed by atoms with Gasteiger partial charge in [0, 0.05) is 31.7 Å². The third kappa shape index (κ3) is 3.42. The smallest absolute Gasteiger partial charge is 0.254 e. The topological polar surface area (TPSA) is 69.7 Å². The van der Waals surface area contributed by atoms with Crippen molar-refractivity contribution >= 4 is 15.9 Å². The normalized spacial score (nSPS) is 17.0. The fourth-order valence-corrected chi connectivity index (χ4v) is 3.05. The van der Waals surface area contributed by atoms with Gasteiger partial charge in [0.1, 0.15) is 0 Å². The Labute approximate surface area is 125 Å². The molecule has 0 bridgehead atoms. The molecule has 1 saturated heterocycles. The Morgan fingerprint density at radius 2 is 1.81 bits per heavy atom. The van der Waals surface area contributed by atoms with Gasteiger partial charge in [-0.15, -0.1) is 0 Å². The van der Waals surface area contributed by atoms with Crippen LogP contribution in [0.2, 0.25) is 0 Å². The van der Waals surface area contributed by atoms with Crippen LogP contribution in [0.5, 0.6) is 0 Å². The van der Waals surface area contributed by atoms with Gasteiger partial charge in [-0.05, 0) is 38.7 Å². The molecule has 1 fully saturated rings. The van der Waals surface area contributed by atoms with E-state index < -0.39 is 10.0 Å². The number of hydrogen-bond acceptors (Lipinski definition) is 4. The Morgan fingerprint density at radius 1 is 1.19 bits per heavy atom. The fraction of sp³-hybridized carbons (Fsp3) is 0.500. The van der Waals surface area contributed by atoms with Crippen LogP contribution >= 0.6 is 0 Å². The molecule has 0 radical (unpaired) electrons. The third-order valence-corrected chi connectivity index (χ3v) is 5.22. The zero-order valence-corrected chi connectivity index (χ0v) is 13.4. The highest BCUT2D eigenvalue weighted by atomic mass is 32.2. The first-order chi connectivity index (χ1) is 9.85. The van der Waals surface area contributed by atoms with Gasteiger partial charge in [0.2, 0.25) is 10.0 Å². The van der Waals surface area contributed by atoms with Crippen molar-refractivity contribution in [1.82, 2.24) is 14.5 Å². The van der Waals surface area contributed by atoms with E-state index in [9.17, 15) is 13.2 Å². The van der Waals surface area contributed by atoms with Crippen molar-refractivity contribution in [3.05, 3.63) is 29.3 Å². The number of aryl methyl sites for hydroxylation is 1. The minimum absolute atomic E-state index is 0.103. The lowest BCUT2D eigenvalue weighted by molar-refractivity contribution is 0.0663. The second kappa shape index (κ2) is 6.13. The average molecular weight is 311 g/mol. The largest absolute Gasteiger partial charge is 0.336 e. The van der Waals surface area contributed by atoms with Crippen molar-refractivity contribution in [2.24, 2.45) is 0 Å². The second-order valence-electron chi connectivity index (χ2n) is 5.28. The highest BCUT2D eigenvalue weighted by molar-refractivity contribution is 7.89. The molecule has 0 atom stereocenters. The van der Waals surface area contributed by atoms with E-state index >= 15 is 0 Å². The van der Waals surface area contributed by atoms with E-state index in [-0.39, 0.29) is 10.8 Å². The van der Waals surface area contributed by atoms with Gasteiger partial charge in [-0.25, -0.2) is 13.1 Å². The van der Waals surface area contributed by atoms with Crippen LogP contribution in [0.3, 0.4) is 0 Å². The van der Waals surface area contributed by atoms with E-state index in [1.807, 2.05) is 14.0 Å². The van der Waals surface area contributed by atoms with Gasteiger partial charge in [-0.3, -0.25) is 4.79 Å². The predicted octanol–water partition coefficient (Wildman–Crippen LogP) is 0.291. The summed E-state index contributed by atoms with van der Waals surface area (Å²) < 4.78 is 26.0. The van der Waals surface area contributed by atoms with Crippen molar-refractivity contribution in [1.29, 1.82) is 0 Å². The molecule has 6 nitrogen and oxygen atoms in total. The molecule has 116 valence electrons. The summed E-state index contributed by atoms with van der Waals surface area (Å²) in [7, 11) is -0.160. The summed E-state index contributed by atoms with van der Waals surface area (Å²) in [4.78, 5) is 16.6. The van der Waals surface area contributed by atoms with Gasteiger partial charge in [0.25, 0.3) is 5.91 Å². The van der Waals surface area contributed by atoms with Crippen LogP contribution in [0.1, 0.15) is 15.9 Å². The van der Waals surface area contributed by atoms with Gasteiger partial charge in [-0.1, -0.05) is 6.07 Å². The van der Waals surface area contributed by atoms with Crippen molar-refractivity contribution in [2.45, 2.75) is 11.8 Å². The van der Waals surface area contributed by atoms with Crippen LogP contribution in [0, 0.1) is 6.92 Å². The van der Waals surface area contributed by atoms with Crippen LogP contribution in [-0.2, 0) is 10.0 Å². The minimum atomic E-state index is -3.54. The molecule has 1 amide bonds. The first kappa shape index (κ1) is 15.9. The number of carbonyl (C=O) groups is 1. The molecule has 7 heteroatoms. The lowest BCUT2D eigenvalue weighted by Crippen LogP contribution is -2.47. The number of nitrogens with one attached hydrogen (secondary N) is 1. The third-order valence-electron chi connectivity index (χ3n) is 3.81. The van der Waals surface area contributed by atoms with Crippen LogP contribution in [0.25, 0.3) is 0 Å². The highest BCUT2D eigenvalue weighted by Crippen LogP contribution is 2.18. The molecule has 0 saturated carbocycles. The molecule has 0 aliphatic carbocycles. The standard InChI is InChI=1S/C14H21N3O3S/c1-11-4-5-12(21(19,20)15-2)10-13(11)14(18)17-8-6-16(3)7-9-17/h4-5,10,15H,6-9H2,1-3H3. The van der Waals surface area contributed by atoms with Crippen molar-refractivity contribution in [2.75, 3.05) is 40.3 Å². The molecule has 1 heterocycles. The summed E-state index contributed by atoms with van der Waals surface area (Å²) in [6.07, 6.45) is 0. The van der Waals surface area contributed by atoms with Crippen molar-refractivity contribution < 1.29 is 13.2 Å². The zero-order chi connectivity index (χ0) is 15.6. The molecule has 0 aromatic heterocycles. The number of piperazine rings is 1. The molecule has 1 aliphatic heterocycles. The monoisotopic (exact) mass is 311 g/mol. The van der Waals surface area contributed by atoms with Gasteiger partial charge in [0.05, 0.1) is 4.90 Å². The average Bonchev–Trinajstić information content (AvgIpc) is 2.47. The maximum absolute atomic E-state index is 12.6. The Balaban J connectivity index is 2.31. The van der Waals surface area contributed by atoms with E-state index in [1.54, 1.807) is 11.0 Å². The molecular weight excluding hydrogens is 290 g/mol. The van der Waals surface area contributed by atoms with E-state index in [4.69, 9.17) is 0 Å². The van der Waals surface area contributed by atoms with Gasteiger partial charge < -0.3 is 9.80 Å². The number of rotatable bonds is 3. The number of nitrogens with zero attached hydrogens (tertiary/aromatic N) is 2. The van der Waals surface area contributed by atoms with E-state index in [0.29, 0.717) is 18.7 Å². The van der Waals surface area contributed by atoms with Crippen LogP contribution in [0.15, 0.2) is 23.1 Å². The lowest BCUT2D eigenvalue weighted by Gasteiger charge is -2.32. The van der Waals surface area contributed by atoms with Crippen molar-refractivity contribution in [3.8, 4) is 0 Å². The lowest BCUT2D eigenvalue weighted by atomic mass is 10.1. The summed E-state index contributed by atoms with van der Waals surface area (Å²) in [6.45, 7) is 4.81. The Bertz CT molecular complexity index is 635. The number of carbonyl (C=O) groups excluding carboxylic acids is 1.